The number of hydrogen-bond acceptors (Lipinski definition) is 4. The van der Waals surface area contributed by atoms with Gasteiger partial charge in [-0.25, -0.2) is 0 Å². The van der Waals surface area contributed by atoms with Crippen molar-refractivity contribution in [2.45, 2.75) is 90.4 Å². The Kier molecular flexibility index (Phi) is 7.35. The van der Waals surface area contributed by atoms with Crippen molar-refractivity contribution >= 4 is 5.97 Å². The van der Waals surface area contributed by atoms with Gasteiger partial charge in [0.05, 0.1) is 12.5 Å². The van der Waals surface area contributed by atoms with E-state index in [1.54, 1.807) is 0 Å². The Balaban J connectivity index is 1.67. The number of esters is 1. The summed E-state index contributed by atoms with van der Waals surface area (Å²) in [6.07, 6.45) is 10.8. The molecule has 2 fully saturated rings. The van der Waals surface area contributed by atoms with Crippen LogP contribution < -0.4 is 0 Å². The quantitative estimate of drug-likeness (QED) is 0.587. The van der Waals surface area contributed by atoms with Gasteiger partial charge < -0.3 is 14.2 Å². The second-order valence-corrected chi connectivity index (χ2v) is 7.65. The SMILES string of the molecule is CCCC(CCCC1CCCC1)C(=O)OCC1COC(C)(C)O1. The van der Waals surface area contributed by atoms with Gasteiger partial charge in [-0.05, 0) is 32.6 Å². The van der Waals surface area contributed by atoms with Gasteiger partial charge >= 0.3 is 5.97 Å². The highest BCUT2D eigenvalue weighted by molar-refractivity contribution is 5.72. The van der Waals surface area contributed by atoms with Gasteiger partial charge in [0.15, 0.2) is 5.79 Å². The molecule has 0 radical (unpaired) electrons. The highest BCUT2D eigenvalue weighted by Crippen LogP contribution is 2.30. The first kappa shape index (κ1) is 18.7. The van der Waals surface area contributed by atoms with E-state index < -0.39 is 5.79 Å². The lowest BCUT2D eigenvalue weighted by Crippen LogP contribution is -2.27. The zero-order valence-corrected chi connectivity index (χ0v) is 15.1. The van der Waals surface area contributed by atoms with Crippen LogP contribution in [0.15, 0.2) is 0 Å². The first-order valence-corrected chi connectivity index (χ1v) is 9.48. The van der Waals surface area contributed by atoms with Crippen LogP contribution in [0, 0.1) is 11.8 Å². The lowest BCUT2D eigenvalue weighted by atomic mass is 9.93. The Hall–Kier alpha value is -0.610. The fraction of sp³-hybridized carbons (Fsp3) is 0.947. The molecule has 0 bridgehead atoms. The van der Waals surface area contributed by atoms with Crippen molar-refractivity contribution in [1.29, 1.82) is 0 Å². The molecule has 2 aliphatic rings. The first-order chi connectivity index (χ1) is 11.0. The molecule has 1 heterocycles. The fourth-order valence-electron chi connectivity index (χ4n) is 3.82. The summed E-state index contributed by atoms with van der Waals surface area (Å²) in [6.45, 7) is 6.72. The third kappa shape index (κ3) is 6.42. The smallest absolute Gasteiger partial charge is 0.309 e. The summed E-state index contributed by atoms with van der Waals surface area (Å²) in [6, 6.07) is 0. The Morgan fingerprint density at radius 2 is 2.00 bits per heavy atom. The van der Waals surface area contributed by atoms with E-state index in [2.05, 4.69) is 6.92 Å². The standard InChI is InChI=1S/C19H34O4/c1-4-8-16(12-7-11-15-9-5-6-10-15)18(20)21-13-17-14-22-19(2,3)23-17/h15-17H,4-14H2,1-3H3. The maximum atomic E-state index is 12.4. The topological polar surface area (TPSA) is 44.8 Å². The zero-order valence-electron chi connectivity index (χ0n) is 15.1. The molecule has 4 nitrogen and oxygen atoms in total. The molecule has 0 aromatic heterocycles. The monoisotopic (exact) mass is 326 g/mol. The van der Waals surface area contributed by atoms with Crippen LogP contribution in [0.5, 0.6) is 0 Å². The van der Waals surface area contributed by atoms with E-state index >= 15 is 0 Å². The maximum Gasteiger partial charge on any atom is 0.309 e. The average Bonchev–Trinajstić information content (AvgIpc) is 3.13. The van der Waals surface area contributed by atoms with Gasteiger partial charge in [0.2, 0.25) is 0 Å². The van der Waals surface area contributed by atoms with Crippen LogP contribution in [0.4, 0.5) is 0 Å². The van der Waals surface area contributed by atoms with Gasteiger partial charge in [-0.1, -0.05) is 51.9 Å². The maximum absolute atomic E-state index is 12.4. The van der Waals surface area contributed by atoms with Crippen LogP contribution in [-0.2, 0) is 19.0 Å². The van der Waals surface area contributed by atoms with Crippen LogP contribution in [0.2, 0.25) is 0 Å². The average molecular weight is 326 g/mol. The number of carbonyl (C=O) groups excluding carboxylic acids is 1. The molecule has 1 aliphatic heterocycles. The molecule has 2 atom stereocenters. The molecule has 2 rings (SSSR count). The van der Waals surface area contributed by atoms with Crippen LogP contribution in [0.3, 0.4) is 0 Å². The molecule has 2 unspecified atom stereocenters. The summed E-state index contributed by atoms with van der Waals surface area (Å²) in [5.41, 5.74) is 0. The lowest BCUT2D eigenvalue weighted by Gasteiger charge is -2.19. The predicted octanol–water partition coefficient (Wildman–Crippen LogP) is 4.46. The first-order valence-electron chi connectivity index (χ1n) is 9.48. The van der Waals surface area contributed by atoms with E-state index in [1.165, 1.54) is 32.1 Å². The second-order valence-electron chi connectivity index (χ2n) is 7.65. The van der Waals surface area contributed by atoms with Crippen molar-refractivity contribution in [1.82, 2.24) is 0 Å². The Labute approximate surface area is 141 Å². The van der Waals surface area contributed by atoms with Crippen molar-refractivity contribution in [2.75, 3.05) is 13.2 Å². The van der Waals surface area contributed by atoms with Crippen LogP contribution >= 0.6 is 0 Å². The predicted molar refractivity (Wildman–Crippen MR) is 90.1 cm³/mol. The minimum absolute atomic E-state index is 0.0495. The molecule has 1 aliphatic carbocycles. The molecule has 1 saturated heterocycles. The fourth-order valence-corrected chi connectivity index (χ4v) is 3.82. The van der Waals surface area contributed by atoms with Gasteiger partial charge in [0.1, 0.15) is 12.7 Å². The Morgan fingerprint density at radius 1 is 1.26 bits per heavy atom. The van der Waals surface area contributed by atoms with E-state index in [0.29, 0.717) is 13.2 Å². The Morgan fingerprint density at radius 3 is 2.61 bits per heavy atom. The number of hydrogen-bond donors (Lipinski definition) is 0. The minimum Gasteiger partial charge on any atom is -0.463 e. The van der Waals surface area contributed by atoms with Crippen molar-refractivity contribution in [3.63, 3.8) is 0 Å². The summed E-state index contributed by atoms with van der Waals surface area (Å²) in [5.74, 6) is 0.351. The molecule has 0 aromatic carbocycles. The van der Waals surface area contributed by atoms with E-state index in [-0.39, 0.29) is 18.0 Å². The van der Waals surface area contributed by atoms with Crippen molar-refractivity contribution < 1.29 is 19.0 Å². The number of rotatable bonds is 9. The third-order valence-corrected chi connectivity index (χ3v) is 5.09. The zero-order chi connectivity index (χ0) is 16.7. The molecule has 0 amide bonds. The Bertz CT molecular complexity index is 360. The number of ether oxygens (including phenoxy) is 3. The normalized spacial score (nSPS) is 25.6. The molecule has 23 heavy (non-hydrogen) atoms. The van der Waals surface area contributed by atoms with E-state index in [4.69, 9.17) is 14.2 Å². The summed E-state index contributed by atoms with van der Waals surface area (Å²) in [5, 5.41) is 0. The molecule has 134 valence electrons. The molecule has 1 saturated carbocycles. The summed E-state index contributed by atoms with van der Waals surface area (Å²) < 4.78 is 16.7. The summed E-state index contributed by atoms with van der Waals surface area (Å²) in [4.78, 5) is 12.4. The van der Waals surface area contributed by atoms with Crippen LogP contribution in [0.1, 0.15) is 78.6 Å². The van der Waals surface area contributed by atoms with Gasteiger partial charge in [-0.15, -0.1) is 0 Å². The van der Waals surface area contributed by atoms with Crippen molar-refractivity contribution in [3.8, 4) is 0 Å². The van der Waals surface area contributed by atoms with Gasteiger partial charge in [0.25, 0.3) is 0 Å². The minimum atomic E-state index is -0.554. The van der Waals surface area contributed by atoms with Crippen molar-refractivity contribution in [2.24, 2.45) is 11.8 Å². The largest absolute Gasteiger partial charge is 0.463 e. The van der Waals surface area contributed by atoms with E-state index in [0.717, 1.165) is 31.6 Å². The summed E-state index contributed by atoms with van der Waals surface area (Å²) >= 11 is 0. The number of carbonyl (C=O) groups is 1. The highest BCUT2D eigenvalue weighted by Gasteiger charge is 2.33. The van der Waals surface area contributed by atoms with E-state index in [9.17, 15) is 4.79 Å². The summed E-state index contributed by atoms with van der Waals surface area (Å²) in [7, 11) is 0. The molecule has 0 N–H and O–H groups in total. The van der Waals surface area contributed by atoms with Crippen LogP contribution in [-0.4, -0.2) is 31.1 Å². The van der Waals surface area contributed by atoms with Crippen molar-refractivity contribution in [3.05, 3.63) is 0 Å². The van der Waals surface area contributed by atoms with Crippen LogP contribution in [0.25, 0.3) is 0 Å². The van der Waals surface area contributed by atoms with Gasteiger partial charge in [-0.2, -0.15) is 0 Å². The lowest BCUT2D eigenvalue weighted by molar-refractivity contribution is -0.161. The molecule has 0 spiro atoms. The highest BCUT2D eigenvalue weighted by atomic mass is 16.7. The third-order valence-electron chi connectivity index (χ3n) is 5.09. The van der Waals surface area contributed by atoms with E-state index in [1.807, 2.05) is 13.8 Å². The molecule has 4 heteroatoms. The molecule has 0 aromatic rings. The second kappa shape index (κ2) is 9.03. The van der Waals surface area contributed by atoms with Gasteiger partial charge in [0, 0.05) is 0 Å². The molecular weight excluding hydrogens is 292 g/mol. The molecular formula is C19H34O4. The van der Waals surface area contributed by atoms with Gasteiger partial charge in [-0.3, -0.25) is 4.79 Å².